The summed E-state index contributed by atoms with van der Waals surface area (Å²) in [6.45, 7) is 5.82. The Labute approximate surface area is 83.9 Å². The third-order valence-electron chi connectivity index (χ3n) is 2.24. The normalized spacial score (nSPS) is 10.6. The van der Waals surface area contributed by atoms with Crippen LogP contribution in [0.1, 0.15) is 31.9 Å². The minimum Gasteiger partial charge on any atom is -0.258 e. The first-order chi connectivity index (χ1) is 6.56. The minimum atomic E-state index is -0.314. The van der Waals surface area contributed by atoms with Gasteiger partial charge in [0.1, 0.15) is 0 Å². The average molecular weight is 192 g/mol. The lowest BCUT2D eigenvalue weighted by Crippen LogP contribution is -1.97. The molecule has 1 aromatic rings. The molecule has 0 aromatic heterocycles. The predicted molar refractivity (Wildman–Crippen MR) is 56.2 cm³/mol. The van der Waals surface area contributed by atoms with Crippen molar-refractivity contribution >= 4 is 5.69 Å². The summed E-state index contributed by atoms with van der Waals surface area (Å²) in [5, 5.41) is 10.8. The summed E-state index contributed by atoms with van der Waals surface area (Å²) in [5.41, 5.74) is 1.96. The van der Waals surface area contributed by atoms with Crippen molar-refractivity contribution < 1.29 is 4.92 Å². The van der Waals surface area contributed by atoms with Crippen LogP contribution in [0.3, 0.4) is 0 Å². The van der Waals surface area contributed by atoms with Gasteiger partial charge in [0.2, 0.25) is 0 Å². The number of aryl methyl sites for hydroxylation is 1. The van der Waals surface area contributed by atoms with Crippen LogP contribution in [-0.2, 0) is 6.42 Å². The molecule has 0 spiro atoms. The first kappa shape index (κ1) is 10.7. The van der Waals surface area contributed by atoms with Gasteiger partial charge < -0.3 is 0 Å². The summed E-state index contributed by atoms with van der Waals surface area (Å²) in [5.74, 6) is 1.09. The highest BCUT2D eigenvalue weighted by molar-refractivity contribution is 5.46. The number of nitrogens with zero attached hydrogens (tertiary/aromatic N) is 1. The van der Waals surface area contributed by atoms with Gasteiger partial charge in [0.25, 0.3) is 5.69 Å². The lowest BCUT2D eigenvalue weighted by Gasteiger charge is -2.06. The van der Waals surface area contributed by atoms with Crippen LogP contribution in [-0.4, -0.2) is 4.92 Å². The second-order valence-electron chi connectivity index (χ2n) is 3.45. The van der Waals surface area contributed by atoms with Crippen molar-refractivity contribution in [1.29, 1.82) is 0 Å². The van der Waals surface area contributed by atoms with Crippen LogP contribution < -0.4 is 0 Å². The number of nitro groups is 1. The van der Waals surface area contributed by atoms with E-state index in [0.29, 0.717) is 6.42 Å². The smallest absolute Gasteiger partial charge is 0.258 e. The Morgan fingerprint density at radius 2 is 2.07 bits per heavy atom. The zero-order chi connectivity index (χ0) is 10.7. The van der Waals surface area contributed by atoms with Crippen molar-refractivity contribution in [2.75, 3.05) is 0 Å². The molecule has 1 radical (unpaired) electrons. The Morgan fingerprint density at radius 1 is 1.43 bits per heavy atom. The Bertz CT molecular complexity index is 345. The largest absolute Gasteiger partial charge is 0.272 e. The second-order valence-corrected chi connectivity index (χ2v) is 3.45. The van der Waals surface area contributed by atoms with Crippen LogP contribution in [0.25, 0.3) is 0 Å². The molecule has 0 fully saturated rings. The molecule has 14 heavy (non-hydrogen) atoms. The maximum absolute atomic E-state index is 10.8. The molecule has 0 atom stereocenters. The standard InChI is InChI=1S/C11H14NO2/c1-4-9-5-6-10(8(2)3)7-11(9)12(13)14/h5-7H,4H2,1-3H3. The van der Waals surface area contributed by atoms with Crippen LogP contribution in [0.15, 0.2) is 18.2 Å². The van der Waals surface area contributed by atoms with Crippen LogP contribution in [0.4, 0.5) is 5.69 Å². The van der Waals surface area contributed by atoms with Crippen molar-refractivity contribution in [3.05, 3.63) is 45.4 Å². The van der Waals surface area contributed by atoms with Gasteiger partial charge in [-0.05, 0) is 17.9 Å². The quantitative estimate of drug-likeness (QED) is 0.545. The van der Waals surface area contributed by atoms with E-state index in [9.17, 15) is 10.1 Å². The molecule has 3 heteroatoms. The summed E-state index contributed by atoms with van der Waals surface area (Å²) in [4.78, 5) is 10.4. The van der Waals surface area contributed by atoms with Crippen molar-refractivity contribution in [2.45, 2.75) is 27.2 Å². The molecule has 0 saturated carbocycles. The van der Waals surface area contributed by atoms with E-state index in [1.54, 1.807) is 6.07 Å². The van der Waals surface area contributed by atoms with Gasteiger partial charge in [-0.25, -0.2) is 0 Å². The molecular formula is C11H14NO2. The van der Waals surface area contributed by atoms with Gasteiger partial charge >= 0.3 is 0 Å². The number of nitro benzene ring substituents is 1. The van der Waals surface area contributed by atoms with Crippen molar-refractivity contribution in [2.24, 2.45) is 0 Å². The molecule has 0 aliphatic carbocycles. The van der Waals surface area contributed by atoms with Gasteiger partial charge in [0, 0.05) is 11.6 Å². The topological polar surface area (TPSA) is 43.1 Å². The van der Waals surface area contributed by atoms with E-state index in [4.69, 9.17) is 0 Å². The van der Waals surface area contributed by atoms with E-state index < -0.39 is 0 Å². The fourth-order valence-electron chi connectivity index (χ4n) is 1.34. The molecule has 0 aliphatic rings. The number of hydrogen-bond acceptors (Lipinski definition) is 2. The third kappa shape index (κ3) is 2.10. The molecule has 0 saturated heterocycles. The Kier molecular flexibility index (Phi) is 3.23. The molecular weight excluding hydrogens is 178 g/mol. The third-order valence-corrected chi connectivity index (χ3v) is 2.24. The van der Waals surface area contributed by atoms with Gasteiger partial charge in [-0.3, -0.25) is 10.1 Å². The highest BCUT2D eigenvalue weighted by Gasteiger charge is 2.13. The summed E-state index contributed by atoms with van der Waals surface area (Å²) < 4.78 is 0. The maximum Gasteiger partial charge on any atom is 0.272 e. The first-order valence-electron chi connectivity index (χ1n) is 4.64. The summed E-state index contributed by atoms with van der Waals surface area (Å²) in [6.07, 6.45) is 0.694. The van der Waals surface area contributed by atoms with Gasteiger partial charge in [-0.2, -0.15) is 0 Å². The second kappa shape index (κ2) is 4.22. The molecule has 0 bridgehead atoms. The zero-order valence-corrected chi connectivity index (χ0v) is 8.70. The van der Waals surface area contributed by atoms with Crippen LogP contribution in [0.2, 0.25) is 0 Å². The lowest BCUT2D eigenvalue weighted by atomic mass is 9.99. The fourth-order valence-corrected chi connectivity index (χ4v) is 1.34. The van der Waals surface area contributed by atoms with E-state index in [0.717, 1.165) is 17.0 Å². The molecule has 0 N–H and O–H groups in total. The SMILES string of the molecule is CCc1ccc([C](C)C)cc1[N+](=O)[O-]. The van der Waals surface area contributed by atoms with E-state index >= 15 is 0 Å². The summed E-state index contributed by atoms with van der Waals surface area (Å²) >= 11 is 0. The molecule has 75 valence electrons. The summed E-state index contributed by atoms with van der Waals surface area (Å²) in [7, 11) is 0. The van der Waals surface area contributed by atoms with Crippen molar-refractivity contribution in [3.63, 3.8) is 0 Å². The van der Waals surface area contributed by atoms with Crippen molar-refractivity contribution in [3.8, 4) is 0 Å². The fraction of sp³-hybridized carbons (Fsp3) is 0.364. The maximum atomic E-state index is 10.8. The monoisotopic (exact) mass is 192 g/mol. The molecule has 0 amide bonds. The average Bonchev–Trinajstić information content (AvgIpc) is 2.16. The van der Waals surface area contributed by atoms with E-state index in [-0.39, 0.29) is 10.6 Å². The molecule has 3 nitrogen and oxygen atoms in total. The Balaban J connectivity index is 3.21. The summed E-state index contributed by atoms with van der Waals surface area (Å²) in [6, 6.07) is 5.41. The van der Waals surface area contributed by atoms with E-state index in [1.165, 1.54) is 0 Å². The first-order valence-corrected chi connectivity index (χ1v) is 4.64. The molecule has 1 rings (SSSR count). The van der Waals surface area contributed by atoms with Gasteiger partial charge in [0.15, 0.2) is 0 Å². The van der Waals surface area contributed by atoms with Gasteiger partial charge in [-0.15, -0.1) is 0 Å². The van der Waals surface area contributed by atoms with Crippen LogP contribution in [0.5, 0.6) is 0 Å². The Hall–Kier alpha value is -1.38. The number of benzene rings is 1. The molecule has 1 aromatic carbocycles. The van der Waals surface area contributed by atoms with E-state index in [1.807, 2.05) is 32.9 Å². The highest BCUT2D eigenvalue weighted by Crippen LogP contribution is 2.24. The molecule has 0 aliphatic heterocycles. The zero-order valence-electron chi connectivity index (χ0n) is 8.70. The molecule has 0 unspecified atom stereocenters. The van der Waals surface area contributed by atoms with E-state index in [2.05, 4.69) is 0 Å². The predicted octanol–water partition coefficient (Wildman–Crippen LogP) is 3.12. The number of rotatable bonds is 3. The van der Waals surface area contributed by atoms with Crippen LogP contribution >= 0.6 is 0 Å². The van der Waals surface area contributed by atoms with Gasteiger partial charge in [-0.1, -0.05) is 32.9 Å². The Morgan fingerprint density at radius 3 is 2.50 bits per heavy atom. The van der Waals surface area contributed by atoms with Crippen molar-refractivity contribution in [1.82, 2.24) is 0 Å². The van der Waals surface area contributed by atoms with Crippen LogP contribution in [0, 0.1) is 16.0 Å². The molecule has 0 heterocycles. The van der Waals surface area contributed by atoms with Gasteiger partial charge in [0.05, 0.1) is 4.92 Å². The lowest BCUT2D eigenvalue weighted by molar-refractivity contribution is -0.385. The highest BCUT2D eigenvalue weighted by atomic mass is 16.6. The number of hydrogen-bond donors (Lipinski definition) is 0. The minimum absolute atomic E-state index is 0.228.